The summed E-state index contributed by atoms with van der Waals surface area (Å²) in [5.74, 6) is -1.19. The van der Waals surface area contributed by atoms with Crippen LogP contribution >= 0.6 is 23.2 Å². The number of rotatable bonds is 9. The third-order valence-corrected chi connectivity index (χ3v) is 6.16. The SMILES string of the molecule is C=CC[C@@](CN(C)C(=O)CC(F)(F)F)(c1ccc(Cl)c(Cl)c1)N(Cc1ccc(C)cc1)C(=O)O. The zero-order chi connectivity index (χ0) is 25.7. The Morgan fingerprint density at radius 2 is 1.71 bits per heavy atom. The van der Waals surface area contributed by atoms with Crippen LogP contribution in [0.2, 0.25) is 10.0 Å². The molecule has 0 aliphatic heterocycles. The molecular weight excluding hydrogens is 492 g/mol. The molecule has 2 amide bonds. The van der Waals surface area contributed by atoms with E-state index < -0.39 is 30.1 Å². The van der Waals surface area contributed by atoms with Crippen LogP contribution in [0.4, 0.5) is 18.0 Å². The van der Waals surface area contributed by atoms with Crippen LogP contribution < -0.4 is 0 Å². The van der Waals surface area contributed by atoms with Crippen LogP contribution in [-0.2, 0) is 16.9 Å². The minimum absolute atomic E-state index is 0.00718. The minimum Gasteiger partial charge on any atom is -0.465 e. The van der Waals surface area contributed by atoms with E-state index in [1.807, 2.05) is 19.1 Å². The van der Waals surface area contributed by atoms with Gasteiger partial charge in [-0.25, -0.2) is 4.79 Å². The molecule has 34 heavy (non-hydrogen) atoms. The maximum Gasteiger partial charge on any atom is 0.408 e. The Labute approximate surface area is 206 Å². The molecule has 5 nitrogen and oxygen atoms in total. The summed E-state index contributed by atoms with van der Waals surface area (Å²) in [6.07, 6.45) is -6.25. The standard InChI is InChI=1S/C24H25Cl2F3N2O3/c1-4-11-23(18-9-10-19(25)20(26)12-18,15-30(3)21(32)13-24(27,28)29)31(22(33)34)14-17-7-5-16(2)6-8-17/h4-10,12H,1,11,13-15H2,2-3H3,(H,33,34)/t23-/m1/s1. The molecule has 0 saturated carbocycles. The Balaban J connectivity index is 2.65. The van der Waals surface area contributed by atoms with Crippen LogP contribution in [0.25, 0.3) is 0 Å². The van der Waals surface area contributed by atoms with Gasteiger partial charge in [-0.3, -0.25) is 9.69 Å². The van der Waals surface area contributed by atoms with Gasteiger partial charge in [0.15, 0.2) is 0 Å². The summed E-state index contributed by atoms with van der Waals surface area (Å²) in [5.41, 5.74) is 0.501. The Bertz CT molecular complexity index is 1040. The summed E-state index contributed by atoms with van der Waals surface area (Å²) in [6.45, 7) is 5.14. The fraction of sp³-hybridized carbons (Fsp3) is 0.333. The highest BCUT2D eigenvalue weighted by molar-refractivity contribution is 6.42. The minimum atomic E-state index is -4.70. The largest absolute Gasteiger partial charge is 0.465 e. The van der Waals surface area contributed by atoms with Gasteiger partial charge in [0.05, 0.1) is 15.6 Å². The highest BCUT2D eigenvalue weighted by Crippen LogP contribution is 2.38. The number of halogens is 5. The van der Waals surface area contributed by atoms with Gasteiger partial charge in [-0.15, -0.1) is 6.58 Å². The van der Waals surface area contributed by atoms with Gasteiger partial charge in [-0.2, -0.15) is 13.2 Å². The number of amides is 2. The van der Waals surface area contributed by atoms with Crippen LogP contribution in [0.5, 0.6) is 0 Å². The molecule has 1 atom stereocenters. The summed E-state index contributed by atoms with van der Waals surface area (Å²) in [7, 11) is 1.20. The molecule has 1 N–H and O–H groups in total. The lowest BCUT2D eigenvalue weighted by atomic mass is 9.83. The van der Waals surface area contributed by atoms with Gasteiger partial charge < -0.3 is 10.0 Å². The van der Waals surface area contributed by atoms with Crippen LogP contribution in [-0.4, -0.2) is 46.7 Å². The second-order valence-corrected chi connectivity index (χ2v) is 8.86. The molecule has 0 aromatic heterocycles. The van der Waals surface area contributed by atoms with Crippen molar-refractivity contribution in [1.29, 1.82) is 0 Å². The van der Waals surface area contributed by atoms with Crippen molar-refractivity contribution in [3.63, 3.8) is 0 Å². The molecule has 0 bridgehead atoms. The topological polar surface area (TPSA) is 60.9 Å². The van der Waals surface area contributed by atoms with Gasteiger partial charge in [0, 0.05) is 20.1 Å². The first-order chi connectivity index (χ1) is 15.8. The number of benzene rings is 2. The number of alkyl halides is 3. The van der Waals surface area contributed by atoms with Crippen molar-refractivity contribution in [3.05, 3.63) is 81.9 Å². The highest BCUT2D eigenvalue weighted by Gasteiger charge is 2.44. The number of carbonyl (C=O) groups is 2. The quantitative estimate of drug-likeness (QED) is 0.379. The van der Waals surface area contributed by atoms with Crippen molar-refractivity contribution in [2.75, 3.05) is 13.6 Å². The zero-order valence-electron chi connectivity index (χ0n) is 18.7. The molecule has 10 heteroatoms. The number of likely N-dealkylation sites (N-methyl/N-ethyl adjacent to an activating group) is 1. The lowest BCUT2D eigenvalue weighted by Crippen LogP contribution is -2.55. The lowest BCUT2D eigenvalue weighted by molar-refractivity contribution is -0.161. The molecule has 2 rings (SSSR count). The summed E-state index contributed by atoms with van der Waals surface area (Å²) in [4.78, 5) is 26.9. The van der Waals surface area contributed by atoms with E-state index in [9.17, 15) is 27.9 Å². The van der Waals surface area contributed by atoms with E-state index >= 15 is 0 Å². The van der Waals surface area contributed by atoms with Gasteiger partial charge in [-0.1, -0.05) is 65.2 Å². The average molecular weight is 517 g/mol. The summed E-state index contributed by atoms with van der Waals surface area (Å²) >= 11 is 12.3. The van der Waals surface area contributed by atoms with E-state index in [0.29, 0.717) is 11.1 Å². The Kier molecular flexibility index (Phi) is 9.02. The molecule has 0 aliphatic carbocycles. The van der Waals surface area contributed by atoms with Crippen LogP contribution in [0.1, 0.15) is 29.5 Å². The maximum atomic E-state index is 12.9. The predicted octanol–water partition coefficient (Wildman–Crippen LogP) is 6.66. The fourth-order valence-corrected chi connectivity index (χ4v) is 4.01. The predicted molar refractivity (Wildman–Crippen MR) is 126 cm³/mol. The van der Waals surface area contributed by atoms with Crippen molar-refractivity contribution >= 4 is 35.2 Å². The summed E-state index contributed by atoms with van der Waals surface area (Å²) < 4.78 is 38.6. The molecule has 0 spiro atoms. The van der Waals surface area contributed by atoms with Gasteiger partial charge in [0.25, 0.3) is 0 Å². The average Bonchev–Trinajstić information content (AvgIpc) is 2.73. The second kappa shape index (κ2) is 11.1. The van der Waals surface area contributed by atoms with Crippen LogP contribution in [0.3, 0.4) is 0 Å². The molecule has 0 heterocycles. The van der Waals surface area contributed by atoms with Gasteiger partial charge >= 0.3 is 12.3 Å². The Hall–Kier alpha value is -2.71. The van der Waals surface area contributed by atoms with Crippen molar-refractivity contribution < 1.29 is 27.9 Å². The molecule has 184 valence electrons. The van der Waals surface area contributed by atoms with Crippen molar-refractivity contribution in [1.82, 2.24) is 9.80 Å². The molecule has 0 fully saturated rings. The summed E-state index contributed by atoms with van der Waals surface area (Å²) in [6, 6.07) is 11.6. The third-order valence-electron chi connectivity index (χ3n) is 5.42. The fourth-order valence-electron chi connectivity index (χ4n) is 3.71. The molecular formula is C24H25Cl2F3N2O3. The number of aryl methyl sites for hydroxylation is 1. The van der Waals surface area contributed by atoms with Crippen molar-refractivity contribution in [2.45, 2.75) is 38.0 Å². The van der Waals surface area contributed by atoms with Gasteiger partial charge in [0.2, 0.25) is 5.91 Å². The second-order valence-electron chi connectivity index (χ2n) is 8.05. The normalized spacial score (nSPS) is 13.1. The highest BCUT2D eigenvalue weighted by atomic mass is 35.5. The Morgan fingerprint density at radius 1 is 1.09 bits per heavy atom. The van der Waals surface area contributed by atoms with E-state index in [1.54, 1.807) is 18.2 Å². The van der Waals surface area contributed by atoms with E-state index in [0.717, 1.165) is 15.4 Å². The molecule has 0 saturated heterocycles. The maximum absolute atomic E-state index is 12.9. The molecule has 2 aromatic carbocycles. The van der Waals surface area contributed by atoms with Crippen LogP contribution in [0.15, 0.2) is 55.1 Å². The zero-order valence-corrected chi connectivity index (χ0v) is 20.2. The smallest absolute Gasteiger partial charge is 0.408 e. The van der Waals surface area contributed by atoms with E-state index in [-0.39, 0.29) is 29.6 Å². The Morgan fingerprint density at radius 3 is 2.21 bits per heavy atom. The van der Waals surface area contributed by atoms with E-state index in [2.05, 4.69) is 6.58 Å². The third kappa shape index (κ3) is 6.90. The lowest BCUT2D eigenvalue weighted by Gasteiger charge is -2.45. The number of nitrogens with zero attached hydrogens (tertiary/aromatic N) is 2. The first-order valence-corrected chi connectivity index (χ1v) is 11.0. The van der Waals surface area contributed by atoms with E-state index in [1.165, 1.54) is 25.3 Å². The van der Waals surface area contributed by atoms with E-state index in [4.69, 9.17) is 23.2 Å². The van der Waals surface area contributed by atoms with Crippen molar-refractivity contribution in [2.24, 2.45) is 0 Å². The molecule has 2 aromatic rings. The van der Waals surface area contributed by atoms with Gasteiger partial charge in [-0.05, 0) is 36.6 Å². The number of hydrogen-bond acceptors (Lipinski definition) is 2. The van der Waals surface area contributed by atoms with Gasteiger partial charge in [0.1, 0.15) is 6.42 Å². The van der Waals surface area contributed by atoms with Crippen LogP contribution in [0, 0.1) is 6.92 Å². The van der Waals surface area contributed by atoms with Crippen molar-refractivity contribution in [3.8, 4) is 0 Å². The summed E-state index contributed by atoms with van der Waals surface area (Å²) in [5, 5.41) is 10.6. The monoisotopic (exact) mass is 516 g/mol. The molecule has 0 radical (unpaired) electrons. The number of carbonyl (C=O) groups excluding carboxylic acids is 1. The number of carboxylic acid groups (broad SMARTS) is 1. The molecule has 0 unspecified atom stereocenters. The first-order valence-electron chi connectivity index (χ1n) is 10.2. The first kappa shape index (κ1) is 27.5. The molecule has 0 aliphatic rings. The number of hydrogen-bond donors (Lipinski definition) is 1.